The molecule has 1 aliphatic carbocycles. The van der Waals surface area contributed by atoms with Crippen molar-refractivity contribution >= 4 is 6.09 Å². The van der Waals surface area contributed by atoms with E-state index in [9.17, 15) is 4.79 Å². The maximum atomic E-state index is 11.9. The standard InChI is InChI=1S/C17H34N2O2/c1-16(2,3)21-15(20)19-17(4,5)13-18-14-11-9-7-6-8-10-12-14/h14,18H,6-13H2,1-5H3,(H,19,20). The van der Waals surface area contributed by atoms with Crippen LogP contribution in [0, 0.1) is 0 Å². The number of hydrogen-bond acceptors (Lipinski definition) is 3. The molecule has 0 atom stereocenters. The Balaban J connectivity index is 2.35. The number of amides is 1. The van der Waals surface area contributed by atoms with Gasteiger partial charge in [0.25, 0.3) is 0 Å². The second kappa shape index (κ2) is 8.02. The molecule has 1 rings (SSSR count). The molecule has 1 aliphatic rings. The van der Waals surface area contributed by atoms with Gasteiger partial charge in [0.15, 0.2) is 0 Å². The van der Waals surface area contributed by atoms with Gasteiger partial charge in [-0.2, -0.15) is 0 Å². The Morgan fingerprint density at radius 1 is 1.00 bits per heavy atom. The summed E-state index contributed by atoms with van der Waals surface area (Å²) < 4.78 is 5.32. The summed E-state index contributed by atoms with van der Waals surface area (Å²) in [6.45, 7) is 10.5. The molecule has 21 heavy (non-hydrogen) atoms. The van der Waals surface area contributed by atoms with Crippen LogP contribution in [-0.4, -0.2) is 29.8 Å². The van der Waals surface area contributed by atoms with Gasteiger partial charge in [-0.1, -0.05) is 32.1 Å². The molecule has 0 aromatic heterocycles. The van der Waals surface area contributed by atoms with E-state index in [4.69, 9.17) is 4.74 Å². The van der Waals surface area contributed by atoms with Crippen molar-refractivity contribution in [3.63, 3.8) is 0 Å². The van der Waals surface area contributed by atoms with Crippen molar-refractivity contribution in [2.75, 3.05) is 6.54 Å². The van der Waals surface area contributed by atoms with Crippen molar-refractivity contribution in [1.82, 2.24) is 10.6 Å². The fourth-order valence-corrected chi connectivity index (χ4v) is 2.68. The van der Waals surface area contributed by atoms with E-state index in [-0.39, 0.29) is 11.6 Å². The fraction of sp³-hybridized carbons (Fsp3) is 0.941. The number of carbonyl (C=O) groups is 1. The van der Waals surface area contributed by atoms with E-state index in [1.807, 2.05) is 34.6 Å². The molecule has 0 radical (unpaired) electrons. The molecule has 0 heterocycles. The van der Waals surface area contributed by atoms with Crippen LogP contribution in [-0.2, 0) is 4.74 Å². The zero-order valence-corrected chi connectivity index (χ0v) is 14.6. The lowest BCUT2D eigenvalue weighted by Gasteiger charge is -2.31. The zero-order valence-electron chi connectivity index (χ0n) is 14.6. The lowest BCUT2D eigenvalue weighted by Crippen LogP contribution is -2.53. The highest BCUT2D eigenvalue weighted by molar-refractivity contribution is 5.68. The third-order valence-corrected chi connectivity index (χ3v) is 3.78. The minimum Gasteiger partial charge on any atom is -0.444 e. The van der Waals surface area contributed by atoms with Gasteiger partial charge in [-0.25, -0.2) is 4.79 Å². The first-order valence-electron chi connectivity index (χ1n) is 8.42. The van der Waals surface area contributed by atoms with Crippen LogP contribution >= 0.6 is 0 Å². The highest BCUT2D eigenvalue weighted by Crippen LogP contribution is 2.17. The van der Waals surface area contributed by atoms with Crippen molar-refractivity contribution in [2.45, 2.75) is 96.7 Å². The largest absolute Gasteiger partial charge is 0.444 e. The molecule has 0 aromatic rings. The molecular formula is C17H34N2O2. The highest BCUT2D eigenvalue weighted by Gasteiger charge is 2.25. The number of nitrogens with one attached hydrogen (secondary N) is 2. The van der Waals surface area contributed by atoms with Gasteiger partial charge in [-0.3, -0.25) is 0 Å². The first kappa shape index (κ1) is 18.3. The van der Waals surface area contributed by atoms with Crippen molar-refractivity contribution < 1.29 is 9.53 Å². The number of carbonyl (C=O) groups excluding carboxylic acids is 1. The Hall–Kier alpha value is -0.770. The molecule has 0 aromatic carbocycles. The predicted molar refractivity (Wildman–Crippen MR) is 87.6 cm³/mol. The van der Waals surface area contributed by atoms with Crippen LogP contribution in [0.3, 0.4) is 0 Å². The monoisotopic (exact) mass is 298 g/mol. The average Bonchev–Trinajstić information content (AvgIpc) is 2.23. The molecule has 4 nitrogen and oxygen atoms in total. The molecule has 2 N–H and O–H groups in total. The summed E-state index contributed by atoms with van der Waals surface area (Å²) in [6, 6.07) is 0.588. The molecule has 0 unspecified atom stereocenters. The molecule has 0 bridgehead atoms. The van der Waals surface area contributed by atoms with Gasteiger partial charge in [-0.05, 0) is 47.5 Å². The first-order valence-corrected chi connectivity index (χ1v) is 8.42. The third kappa shape index (κ3) is 8.97. The summed E-state index contributed by atoms with van der Waals surface area (Å²) in [6.07, 6.45) is 8.90. The minimum absolute atomic E-state index is 0.301. The van der Waals surface area contributed by atoms with E-state index in [0.29, 0.717) is 6.04 Å². The molecule has 0 aliphatic heterocycles. The van der Waals surface area contributed by atoms with Gasteiger partial charge in [0.1, 0.15) is 5.60 Å². The van der Waals surface area contributed by atoms with Crippen LogP contribution in [0.2, 0.25) is 0 Å². The summed E-state index contributed by atoms with van der Waals surface area (Å²) in [7, 11) is 0. The van der Waals surface area contributed by atoms with Crippen LogP contribution in [0.4, 0.5) is 4.79 Å². The highest BCUT2D eigenvalue weighted by atomic mass is 16.6. The number of alkyl carbamates (subject to hydrolysis) is 1. The lowest BCUT2D eigenvalue weighted by molar-refractivity contribution is 0.0470. The van der Waals surface area contributed by atoms with Crippen LogP contribution in [0.5, 0.6) is 0 Å². The van der Waals surface area contributed by atoms with Crippen LogP contribution < -0.4 is 10.6 Å². The smallest absolute Gasteiger partial charge is 0.408 e. The van der Waals surface area contributed by atoms with Crippen LogP contribution in [0.15, 0.2) is 0 Å². The number of rotatable bonds is 4. The lowest BCUT2D eigenvalue weighted by atomic mass is 9.96. The van der Waals surface area contributed by atoms with E-state index < -0.39 is 5.60 Å². The Morgan fingerprint density at radius 3 is 2.05 bits per heavy atom. The topological polar surface area (TPSA) is 50.4 Å². The summed E-state index contributed by atoms with van der Waals surface area (Å²) in [4.78, 5) is 11.9. The second-order valence-corrected chi connectivity index (χ2v) is 7.93. The summed E-state index contributed by atoms with van der Waals surface area (Å²) >= 11 is 0. The third-order valence-electron chi connectivity index (χ3n) is 3.78. The zero-order chi connectivity index (χ0) is 15.9. The van der Waals surface area contributed by atoms with E-state index in [1.165, 1.54) is 44.9 Å². The molecule has 0 saturated heterocycles. The van der Waals surface area contributed by atoms with E-state index in [2.05, 4.69) is 10.6 Å². The Morgan fingerprint density at radius 2 is 1.52 bits per heavy atom. The van der Waals surface area contributed by atoms with Crippen LogP contribution in [0.25, 0.3) is 0 Å². The summed E-state index contributed by atoms with van der Waals surface area (Å²) in [5.74, 6) is 0. The Labute approximate surface area is 130 Å². The SMILES string of the molecule is CC(C)(CNC1CCCCCCC1)NC(=O)OC(C)(C)C. The number of ether oxygens (including phenoxy) is 1. The summed E-state index contributed by atoms with van der Waals surface area (Å²) in [5, 5.41) is 6.58. The molecule has 4 heteroatoms. The predicted octanol–water partition coefficient (Wildman–Crippen LogP) is 3.99. The maximum absolute atomic E-state index is 11.9. The van der Waals surface area contributed by atoms with E-state index >= 15 is 0 Å². The molecule has 1 amide bonds. The van der Waals surface area contributed by atoms with Gasteiger partial charge in [0.05, 0.1) is 5.54 Å². The van der Waals surface area contributed by atoms with E-state index in [0.717, 1.165) is 6.54 Å². The fourth-order valence-electron chi connectivity index (χ4n) is 2.68. The van der Waals surface area contributed by atoms with Gasteiger partial charge >= 0.3 is 6.09 Å². The molecule has 1 fully saturated rings. The molecule has 124 valence electrons. The van der Waals surface area contributed by atoms with Crippen molar-refractivity contribution in [1.29, 1.82) is 0 Å². The minimum atomic E-state index is -0.451. The number of hydrogen-bond donors (Lipinski definition) is 2. The summed E-state index contributed by atoms with van der Waals surface area (Å²) in [5.41, 5.74) is -0.752. The second-order valence-electron chi connectivity index (χ2n) is 7.93. The normalized spacial score (nSPS) is 18.7. The first-order chi connectivity index (χ1) is 9.68. The van der Waals surface area contributed by atoms with Gasteiger partial charge in [0, 0.05) is 12.6 Å². The van der Waals surface area contributed by atoms with Crippen molar-refractivity contribution in [2.24, 2.45) is 0 Å². The molecular weight excluding hydrogens is 264 g/mol. The van der Waals surface area contributed by atoms with Gasteiger partial charge in [0.2, 0.25) is 0 Å². The average molecular weight is 298 g/mol. The van der Waals surface area contributed by atoms with Crippen molar-refractivity contribution in [3.05, 3.63) is 0 Å². The van der Waals surface area contributed by atoms with Crippen molar-refractivity contribution in [3.8, 4) is 0 Å². The molecule has 1 saturated carbocycles. The Kier molecular flexibility index (Phi) is 6.98. The van der Waals surface area contributed by atoms with E-state index in [1.54, 1.807) is 0 Å². The van der Waals surface area contributed by atoms with Gasteiger partial charge < -0.3 is 15.4 Å². The Bertz CT molecular complexity index is 313. The quantitative estimate of drug-likeness (QED) is 0.825. The maximum Gasteiger partial charge on any atom is 0.408 e. The molecule has 0 spiro atoms. The van der Waals surface area contributed by atoms with Crippen LogP contribution in [0.1, 0.15) is 79.6 Å². The van der Waals surface area contributed by atoms with Gasteiger partial charge in [-0.15, -0.1) is 0 Å².